The van der Waals surface area contributed by atoms with Crippen molar-refractivity contribution in [2.75, 3.05) is 78.4 Å². The first kappa shape index (κ1) is 47.6. The fraction of sp³-hybridized carbons (Fsp3) is 0.519. The van der Waals surface area contributed by atoms with Crippen LogP contribution < -0.4 is 25.0 Å². The number of carbonyl (C=O) groups is 4. The van der Waals surface area contributed by atoms with Gasteiger partial charge in [-0.25, -0.2) is 9.59 Å². The molecule has 3 fully saturated rings. The van der Waals surface area contributed by atoms with Gasteiger partial charge in [-0.2, -0.15) is 0 Å². The number of nitrogens with zero attached hydrogens (tertiary/aromatic N) is 3. The summed E-state index contributed by atoms with van der Waals surface area (Å²) in [5.41, 5.74) is -1.07. The van der Waals surface area contributed by atoms with Gasteiger partial charge in [-0.15, -0.1) is 0 Å². The zero-order chi connectivity index (χ0) is 49.5. The number of benzene rings is 3. The quantitative estimate of drug-likeness (QED) is 0.0848. The van der Waals surface area contributed by atoms with Crippen LogP contribution >= 0.6 is 0 Å². The number of piperidine rings is 1. The van der Waals surface area contributed by atoms with E-state index in [2.05, 4.69) is 50.5 Å². The largest absolute Gasteiger partial charge is 0.497 e. The molecule has 4 N–H and O–H groups in total. The Bertz CT molecular complexity index is 2780. The van der Waals surface area contributed by atoms with E-state index in [0.717, 1.165) is 33.4 Å². The predicted molar refractivity (Wildman–Crippen MR) is 263 cm³/mol. The van der Waals surface area contributed by atoms with Crippen LogP contribution in [-0.4, -0.2) is 141 Å². The van der Waals surface area contributed by atoms with Crippen molar-refractivity contribution in [3.8, 4) is 11.5 Å². The Balaban J connectivity index is 1.18. The Morgan fingerprint density at radius 1 is 0.886 bits per heavy atom. The molecule has 5 aliphatic heterocycles. The molecule has 1 unspecified atom stereocenters. The normalized spacial score (nSPS) is 32.8. The van der Waals surface area contributed by atoms with Crippen LogP contribution in [0.4, 0.5) is 16.2 Å². The summed E-state index contributed by atoms with van der Waals surface area (Å²) in [6.45, 7) is 8.62. The van der Waals surface area contributed by atoms with Gasteiger partial charge in [-0.05, 0) is 98.5 Å². The number of aromatic nitrogens is 1. The fourth-order valence-corrected chi connectivity index (χ4v) is 14.8. The van der Waals surface area contributed by atoms with Gasteiger partial charge in [0.15, 0.2) is 6.10 Å². The Labute approximate surface area is 409 Å². The number of rotatable bonds is 10. The SMILES string of the molecule is CC[C@]1(NC(=O)Nc2ccc(OC)cc2)C[C@@H]2CN(CCc3c([nH]c4ccccc34)[C@@](C(=O)OC)(c3cc4c(cc3OC)N(C)[C@H]3[C@@](O)(C(=O)OC)[C@H](OC(C)=O)[C@]5(CC)C=CCN6CC[C@]43[C@@H]65)C2)C1. The van der Waals surface area contributed by atoms with Crippen LogP contribution in [-0.2, 0) is 45.8 Å². The van der Waals surface area contributed by atoms with Crippen molar-refractivity contribution < 1.29 is 48.0 Å². The molecule has 0 radical (unpaired) electrons. The molecule has 3 aromatic carbocycles. The van der Waals surface area contributed by atoms with E-state index in [1.165, 1.54) is 21.1 Å². The molecule has 1 aromatic heterocycles. The number of fused-ring (bicyclic) bond motifs is 6. The lowest BCUT2D eigenvalue weighted by atomic mass is 9.47. The first-order valence-corrected chi connectivity index (χ1v) is 24.6. The molecule has 16 nitrogen and oxygen atoms in total. The third-order valence-corrected chi connectivity index (χ3v) is 17.4. The van der Waals surface area contributed by atoms with E-state index in [1.807, 2.05) is 49.2 Å². The first-order valence-electron chi connectivity index (χ1n) is 24.6. The van der Waals surface area contributed by atoms with Crippen LogP contribution in [0.1, 0.15) is 75.3 Å². The van der Waals surface area contributed by atoms with Crippen LogP contribution in [0.3, 0.4) is 0 Å². The molecule has 10 rings (SSSR count). The number of urea groups is 1. The zero-order valence-electron chi connectivity index (χ0n) is 41.5. The van der Waals surface area contributed by atoms with E-state index in [-0.39, 0.29) is 18.0 Å². The molecular weight excluding hydrogens is 893 g/mol. The molecular formula is C54H66N6O10. The van der Waals surface area contributed by atoms with Crippen molar-refractivity contribution in [1.29, 1.82) is 0 Å². The van der Waals surface area contributed by atoms with Crippen molar-refractivity contribution in [3.63, 3.8) is 0 Å². The van der Waals surface area contributed by atoms with Gasteiger partial charge in [0.1, 0.15) is 16.9 Å². The third kappa shape index (κ3) is 6.72. The number of likely N-dealkylation sites (N-methyl/N-ethyl adjacent to an activating group) is 1. The molecule has 4 aromatic rings. The predicted octanol–water partition coefficient (Wildman–Crippen LogP) is 5.83. The Morgan fingerprint density at radius 2 is 1.64 bits per heavy atom. The van der Waals surface area contributed by atoms with Gasteiger partial charge >= 0.3 is 23.9 Å². The monoisotopic (exact) mass is 958 g/mol. The van der Waals surface area contributed by atoms with E-state index in [9.17, 15) is 19.5 Å². The van der Waals surface area contributed by atoms with Crippen molar-refractivity contribution in [1.82, 2.24) is 20.1 Å². The summed E-state index contributed by atoms with van der Waals surface area (Å²) in [6, 6.07) is 17.8. The molecule has 1 saturated carbocycles. The van der Waals surface area contributed by atoms with Crippen molar-refractivity contribution in [2.45, 2.75) is 99.5 Å². The molecule has 1 aliphatic carbocycles. The number of ether oxygens (including phenoxy) is 5. The highest BCUT2D eigenvalue weighted by Gasteiger charge is 2.80. The lowest BCUT2D eigenvalue weighted by Crippen LogP contribution is -2.81. The molecule has 70 heavy (non-hydrogen) atoms. The van der Waals surface area contributed by atoms with Crippen LogP contribution in [0.5, 0.6) is 11.5 Å². The van der Waals surface area contributed by atoms with E-state index in [4.69, 9.17) is 23.7 Å². The van der Waals surface area contributed by atoms with E-state index < -0.39 is 57.4 Å². The van der Waals surface area contributed by atoms with Crippen LogP contribution in [0.25, 0.3) is 10.9 Å². The maximum atomic E-state index is 15.7. The molecule has 10 atom stereocenters. The van der Waals surface area contributed by atoms with Gasteiger partial charge in [0.25, 0.3) is 0 Å². The maximum Gasteiger partial charge on any atom is 0.344 e. The summed E-state index contributed by atoms with van der Waals surface area (Å²) in [7, 11) is 7.74. The number of methoxy groups -OCH3 is 4. The van der Waals surface area contributed by atoms with Gasteiger partial charge in [0.2, 0.25) is 5.60 Å². The minimum atomic E-state index is -2.34. The number of carbonyl (C=O) groups excluding carboxylic acids is 4. The first-order chi connectivity index (χ1) is 33.6. The number of H-pyrrole nitrogens is 1. The molecule has 2 bridgehead atoms. The van der Waals surface area contributed by atoms with Gasteiger partial charge in [0, 0.05) is 96.6 Å². The summed E-state index contributed by atoms with van der Waals surface area (Å²) >= 11 is 0. The van der Waals surface area contributed by atoms with Crippen LogP contribution in [0.15, 0.2) is 72.8 Å². The second-order valence-electron chi connectivity index (χ2n) is 20.6. The highest BCUT2D eigenvalue weighted by Crippen LogP contribution is 2.68. The smallest absolute Gasteiger partial charge is 0.344 e. The van der Waals surface area contributed by atoms with Crippen LogP contribution in [0.2, 0.25) is 0 Å². The molecule has 372 valence electrons. The number of aromatic amines is 1. The number of anilines is 2. The second-order valence-corrected chi connectivity index (χ2v) is 20.6. The van der Waals surface area contributed by atoms with Crippen molar-refractivity contribution in [2.24, 2.45) is 11.3 Å². The van der Waals surface area contributed by atoms with E-state index >= 15 is 4.79 Å². The number of hydrogen-bond donors (Lipinski definition) is 4. The highest BCUT2D eigenvalue weighted by atomic mass is 16.6. The standard InChI is InChI=1S/C54H66N6O10/c1-9-50(57-49(64)55-34-16-18-35(66-5)19-17-34)28-33-29-53(47(62)68-7,43-37(20-24-59(30-33)31-50)36-14-11-12-15-40(36)56-43)39-26-38-41(27-42(39)67-6)58(4)45-52(38)22-25-60-23-13-21-51(10-2,44(52)60)46(70-32(3)61)54(45,65)48(63)69-8/h11-19,21,26-27,33,44-46,56,65H,9-10,20,22-25,28-31H2,1-8H3,(H2,55,57,64)/t33-,44-,45+,46+,50-,51+,52+,53-,54-/m0/s1. The summed E-state index contributed by atoms with van der Waals surface area (Å²) in [4.78, 5) is 68.0. The number of amides is 2. The second kappa shape index (κ2) is 17.3. The maximum absolute atomic E-state index is 15.7. The van der Waals surface area contributed by atoms with Gasteiger partial charge < -0.3 is 54.2 Å². The minimum absolute atomic E-state index is 0.153. The number of hydrogen-bond acceptors (Lipinski definition) is 13. The lowest BCUT2D eigenvalue weighted by molar-refractivity contribution is -0.228. The topological polar surface area (TPSA) is 184 Å². The molecule has 2 saturated heterocycles. The third-order valence-electron chi connectivity index (χ3n) is 17.4. The summed E-state index contributed by atoms with van der Waals surface area (Å²) < 4.78 is 29.6. The average molecular weight is 959 g/mol. The Kier molecular flexibility index (Phi) is 11.8. The molecule has 6 aliphatic rings. The van der Waals surface area contributed by atoms with Crippen LogP contribution in [0, 0.1) is 11.3 Å². The molecule has 6 heterocycles. The van der Waals surface area contributed by atoms with Gasteiger partial charge in [0.05, 0.1) is 40.0 Å². The lowest BCUT2D eigenvalue weighted by Gasteiger charge is -2.63. The van der Waals surface area contributed by atoms with Crippen molar-refractivity contribution >= 4 is 46.2 Å². The number of aliphatic hydroxyl groups is 1. The summed E-state index contributed by atoms with van der Waals surface area (Å²) in [5, 5.41) is 20.9. The molecule has 1 spiro atoms. The van der Waals surface area contributed by atoms with Gasteiger partial charge in [-0.1, -0.05) is 44.2 Å². The average Bonchev–Trinajstić information content (AvgIpc) is 4.03. The molecule has 2 amide bonds. The van der Waals surface area contributed by atoms with Gasteiger partial charge in [-0.3, -0.25) is 14.5 Å². The van der Waals surface area contributed by atoms with E-state index in [0.29, 0.717) is 94.0 Å². The summed E-state index contributed by atoms with van der Waals surface area (Å²) in [6.07, 6.45) is 5.88. The highest BCUT2D eigenvalue weighted by molar-refractivity contribution is 5.95. The van der Waals surface area contributed by atoms with E-state index in [1.54, 1.807) is 38.5 Å². The zero-order valence-corrected chi connectivity index (χ0v) is 41.5. The minimum Gasteiger partial charge on any atom is -0.497 e. The Morgan fingerprint density at radius 3 is 2.33 bits per heavy atom. The number of nitrogens with one attached hydrogen (secondary N) is 3. The fourth-order valence-electron chi connectivity index (χ4n) is 14.8. The summed E-state index contributed by atoms with van der Waals surface area (Å²) in [5.74, 6) is -1.01. The Hall–Kier alpha value is -6.10. The number of para-hydroxylation sites is 1. The number of esters is 3. The molecule has 16 heteroatoms. The van der Waals surface area contributed by atoms with Crippen molar-refractivity contribution in [3.05, 3.63) is 95.2 Å².